The molecule has 0 saturated carbocycles. The van der Waals surface area contributed by atoms with Crippen LogP contribution in [0.3, 0.4) is 0 Å². The highest BCUT2D eigenvalue weighted by Crippen LogP contribution is 2.08. The number of amides is 1. The maximum Gasteiger partial charge on any atom is 0.251 e. The molecule has 0 aliphatic carbocycles. The lowest BCUT2D eigenvalue weighted by Gasteiger charge is -2.17. The van der Waals surface area contributed by atoms with Gasteiger partial charge in [-0.05, 0) is 25.9 Å². The normalized spacial score (nSPS) is 12.7. The number of nitrogens with two attached hydrogens (primary N) is 1. The number of aromatic nitrogens is 2. The molecular formula is C13H22N4O. The van der Waals surface area contributed by atoms with E-state index in [1.807, 2.05) is 7.05 Å². The maximum absolute atomic E-state index is 10.9. The third-order valence-electron chi connectivity index (χ3n) is 3.10. The molecule has 0 radical (unpaired) electrons. The minimum Gasteiger partial charge on any atom is -0.366 e. The summed E-state index contributed by atoms with van der Waals surface area (Å²) in [5.74, 6) is 0.962. The molecule has 1 aromatic rings. The molecule has 0 fully saturated rings. The molecule has 0 spiro atoms. The Bertz CT molecular complexity index is 377. The van der Waals surface area contributed by atoms with Gasteiger partial charge in [0.2, 0.25) is 0 Å². The van der Waals surface area contributed by atoms with Crippen LogP contribution >= 0.6 is 0 Å². The van der Waals surface area contributed by atoms with Gasteiger partial charge in [0.1, 0.15) is 5.82 Å². The molecule has 1 atom stereocenters. The lowest BCUT2D eigenvalue weighted by molar-refractivity contribution is 0.0999. The van der Waals surface area contributed by atoms with Gasteiger partial charge in [-0.3, -0.25) is 9.69 Å². The zero-order valence-corrected chi connectivity index (χ0v) is 11.4. The van der Waals surface area contributed by atoms with Gasteiger partial charge in [-0.2, -0.15) is 0 Å². The molecule has 1 unspecified atom stereocenters. The van der Waals surface area contributed by atoms with Gasteiger partial charge in [0.05, 0.1) is 12.1 Å². The lowest BCUT2D eigenvalue weighted by atomic mass is 10.1. The predicted octanol–water partition coefficient (Wildman–Crippen LogP) is 1.44. The summed E-state index contributed by atoms with van der Waals surface area (Å²) >= 11 is 0. The lowest BCUT2D eigenvalue weighted by Crippen LogP contribution is -2.22. The smallest absolute Gasteiger partial charge is 0.251 e. The summed E-state index contributed by atoms with van der Waals surface area (Å²) in [6, 6.07) is 0. The van der Waals surface area contributed by atoms with Crippen LogP contribution in [0.1, 0.15) is 42.9 Å². The quantitative estimate of drug-likeness (QED) is 0.795. The number of nitrogens with zero attached hydrogens (tertiary/aromatic N) is 3. The third kappa shape index (κ3) is 4.79. The topological polar surface area (TPSA) is 72.1 Å². The molecule has 0 aromatic carbocycles. The molecule has 100 valence electrons. The van der Waals surface area contributed by atoms with E-state index in [4.69, 9.17) is 5.73 Å². The number of hydrogen-bond acceptors (Lipinski definition) is 4. The highest BCUT2D eigenvalue weighted by atomic mass is 16.1. The Morgan fingerprint density at radius 1 is 1.44 bits per heavy atom. The molecule has 0 aliphatic rings. The minimum atomic E-state index is -0.494. The summed E-state index contributed by atoms with van der Waals surface area (Å²) in [5.41, 5.74) is 5.48. The van der Waals surface area contributed by atoms with Crippen molar-refractivity contribution < 1.29 is 4.79 Å². The van der Waals surface area contributed by atoms with Crippen molar-refractivity contribution in [3.8, 4) is 0 Å². The summed E-state index contributed by atoms with van der Waals surface area (Å²) in [6.07, 6.45) is 5.34. The summed E-state index contributed by atoms with van der Waals surface area (Å²) < 4.78 is 0. The Balaban J connectivity index is 2.44. The van der Waals surface area contributed by atoms with Crippen LogP contribution in [0, 0.1) is 5.92 Å². The number of rotatable bonds is 7. The van der Waals surface area contributed by atoms with E-state index in [9.17, 15) is 4.79 Å². The van der Waals surface area contributed by atoms with E-state index in [1.54, 1.807) is 0 Å². The van der Waals surface area contributed by atoms with E-state index in [-0.39, 0.29) is 0 Å². The summed E-state index contributed by atoms with van der Waals surface area (Å²) in [4.78, 5) is 21.3. The standard InChI is InChI=1S/C13H22N4O/c1-4-10(2)5-6-17(3)9-12-15-7-11(8-16-12)13(14)18/h7-8,10H,4-6,9H2,1-3H3,(H2,14,18). The van der Waals surface area contributed by atoms with E-state index < -0.39 is 5.91 Å². The van der Waals surface area contributed by atoms with E-state index in [2.05, 4.69) is 28.7 Å². The second-order valence-electron chi connectivity index (χ2n) is 4.79. The number of carbonyl (C=O) groups is 1. The molecule has 2 N–H and O–H groups in total. The second kappa shape index (κ2) is 7.06. The minimum absolute atomic E-state index is 0.348. The molecule has 5 nitrogen and oxygen atoms in total. The van der Waals surface area contributed by atoms with E-state index in [0.29, 0.717) is 17.9 Å². The van der Waals surface area contributed by atoms with Crippen molar-refractivity contribution in [1.29, 1.82) is 0 Å². The van der Waals surface area contributed by atoms with Crippen LogP contribution in [-0.4, -0.2) is 34.4 Å². The molecule has 1 rings (SSSR count). The first kappa shape index (κ1) is 14.6. The maximum atomic E-state index is 10.9. The number of hydrogen-bond donors (Lipinski definition) is 1. The fraction of sp³-hybridized carbons (Fsp3) is 0.615. The third-order valence-corrected chi connectivity index (χ3v) is 3.10. The molecular weight excluding hydrogens is 228 g/mol. The van der Waals surface area contributed by atoms with E-state index in [0.717, 1.165) is 12.5 Å². The largest absolute Gasteiger partial charge is 0.366 e. The highest BCUT2D eigenvalue weighted by molar-refractivity contribution is 5.91. The Labute approximate surface area is 108 Å². The van der Waals surface area contributed by atoms with Crippen LogP contribution in [0.5, 0.6) is 0 Å². The first-order chi connectivity index (χ1) is 8.52. The number of primary amides is 1. The average Bonchev–Trinajstić information content (AvgIpc) is 2.36. The van der Waals surface area contributed by atoms with Crippen molar-refractivity contribution in [1.82, 2.24) is 14.9 Å². The van der Waals surface area contributed by atoms with Crippen LogP contribution in [0.25, 0.3) is 0 Å². The van der Waals surface area contributed by atoms with Crippen molar-refractivity contribution in [3.05, 3.63) is 23.8 Å². The SMILES string of the molecule is CCC(C)CCN(C)Cc1ncc(C(N)=O)cn1. The molecule has 1 amide bonds. The van der Waals surface area contributed by atoms with E-state index >= 15 is 0 Å². The first-order valence-corrected chi connectivity index (χ1v) is 6.32. The van der Waals surface area contributed by atoms with Gasteiger partial charge in [-0.15, -0.1) is 0 Å². The van der Waals surface area contributed by atoms with Crippen LogP contribution in [0.15, 0.2) is 12.4 Å². The molecule has 5 heteroatoms. The first-order valence-electron chi connectivity index (χ1n) is 6.32. The molecule has 1 aromatic heterocycles. The van der Waals surface area contributed by atoms with Gasteiger partial charge < -0.3 is 5.73 Å². The Kier molecular flexibility index (Phi) is 5.71. The summed E-state index contributed by atoms with van der Waals surface area (Å²) in [6.45, 7) is 6.17. The Hall–Kier alpha value is -1.49. The van der Waals surface area contributed by atoms with Gasteiger partial charge in [-0.25, -0.2) is 9.97 Å². The highest BCUT2D eigenvalue weighted by Gasteiger charge is 2.06. The Morgan fingerprint density at radius 3 is 2.56 bits per heavy atom. The van der Waals surface area contributed by atoms with Crippen LogP contribution < -0.4 is 5.73 Å². The fourth-order valence-electron chi connectivity index (χ4n) is 1.53. The zero-order chi connectivity index (χ0) is 13.5. The van der Waals surface area contributed by atoms with Gasteiger partial charge in [0, 0.05) is 12.4 Å². The predicted molar refractivity (Wildman–Crippen MR) is 71.0 cm³/mol. The monoisotopic (exact) mass is 250 g/mol. The van der Waals surface area contributed by atoms with Gasteiger partial charge in [0.15, 0.2) is 0 Å². The summed E-state index contributed by atoms with van der Waals surface area (Å²) in [7, 11) is 2.05. The molecule has 0 aliphatic heterocycles. The summed E-state index contributed by atoms with van der Waals surface area (Å²) in [5, 5.41) is 0. The van der Waals surface area contributed by atoms with Crippen molar-refractivity contribution in [2.24, 2.45) is 11.7 Å². The molecule has 18 heavy (non-hydrogen) atoms. The fourth-order valence-corrected chi connectivity index (χ4v) is 1.53. The van der Waals surface area contributed by atoms with Crippen LogP contribution in [-0.2, 0) is 6.54 Å². The second-order valence-corrected chi connectivity index (χ2v) is 4.79. The Morgan fingerprint density at radius 2 is 2.06 bits per heavy atom. The van der Waals surface area contributed by atoms with E-state index in [1.165, 1.54) is 25.2 Å². The van der Waals surface area contributed by atoms with Gasteiger partial charge in [0.25, 0.3) is 5.91 Å². The molecule has 1 heterocycles. The number of carbonyl (C=O) groups excluding carboxylic acids is 1. The molecule has 0 saturated heterocycles. The van der Waals surface area contributed by atoms with Crippen molar-refractivity contribution in [2.45, 2.75) is 33.2 Å². The van der Waals surface area contributed by atoms with Crippen molar-refractivity contribution in [2.75, 3.05) is 13.6 Å². The van der Waals surface area contributed by atoms with Crippen molar-refractivity contribution in [3.63, 3.8) is 0 Å². The average molecular weight is 250 g/mol. The van der Waals surface area contributed by atoms with Gasteiger partial charge in [-0.1, -0.05) is 20.3 Å². The van der Waals surface area contributed by atoms with Crippen molar-refractivity contribution >= 4 is 5.91 Å². The molecule has 0 bridgehead atoms. The van der Waals surface area contributed by atoms with Gasteiger partial charge >= 0.3 is 0 Å². The van der Waals surface area contributed by atoms with Crippen LogP contribution in [0.4, 0.5) is 0 Å². The zero-order valence-electron chi connectivity index (χ0n) is 11.4. The van der Waals surface area contributed by atoms with Crippen LogP contribution in [0.2, 0.25) is 0 Å².